The second kappa shape index (κ2) is 10.5. The smallest absolute Gasteiger partial charge is 0.228 e. The normalized spacial score (nSPS) is 24.9. The Bertz CT molecular complexity index is 1170. The number of aliphatic hydroxyl groups excluding tert-OH is 4. The van der Waals surface area contributed by atoms with Gasteiger partial charge in [-0.15, -0.1) is 0 Å². The van der Waals surface area contributed by atoms with E-state index in [4.69, 9.17) is 37.1 Å². The number of hydrogen-bond donors (Lipinski definition) is 5. The number of aliphatic hydroxyl groups is 4. The van der Waals surface area contributed by atoms with Crippen LogP contribution in [0.5, 0.6) is 0 Å². The van der Waals surface area contributed by atoms with E-state index in [1.165, 1.54) is 0 Å². The van der Waals surface area contributed by atoms with Crippen molar-refractivity contribution < 1.29 is 39.1 Å². The largest absolute Gasteiger partial charge is 0.436 e. The molecule has 1 aliphatic rings. The standard InChI is InChI=1S/C22H22Cl2N2O8/c23-12-3-1-2-11(17(12)24)21-26-13-8-10(4-5-14(13)33-21)25-16(28)6-7-32-22-20(31)19(30)18(29)15(9-27)34-22/h1-5,8,15,18-20,22,27,29-31H,6-7,9H2,(H,25,28)/t15-,18-,19+,20-,22-/m1/s1. The fourth-order valence-electron chi connectivity index (χ4n) is 3.49. The van der Waals surface area contributed by atoms with Crippen LogP contribution < -0.4 is 5.32 Å². The Balaban J connectivity index is 1.35. The number of ether oxygens (including phenoxy) is 2. The summed E-state index contributed by atoms with van der Waals surface area (Å²) in [6.07, 6.45) is -7.03. The number of nitrogens with one attached hydrogen (secondary N) is 1. The van der Waals surface area contributed by atoms with Crippen molar-refractivity contribution in [3.05, 3.63) is 46.4 Å². The number of rotatable bonds is 7. The Kier molecular flexibility index (Phi) is 7.70. The Hall–Kier alpha value is -2.28. The van der Waals surface area contributed by atoms with E-state index >= 15 is 0 Å². The predicted octanol–water partition coefficient (Wildman–Crippen LogP) is 1.95. The molecule has 12 heteroatoms. The molecule has 2 aromatic carbocycles. The minimum atomic E-state index is -1.55. The van der Waals surface area contributed by atoms with Crippen LogP contribution in [0, 0.1) is 0 Å². The number of amides is 1. The molecular weight excluding hydrogens is 491 g/mol. The van der Waals surface area contributed by atoms with Gasteiger partial charge >= 0.3 is 0 Å². The van der Waals surface area contributed by atoms with Crippen molar-refractivity contribution >= 4 is 45.9 Å². The van der Waals surface area contributed by atoms with E-state index in [0.29, 0.717) is 38.3 Å². The highest BCUT2D eigenvalue weighted by Gasteiger charge is 2.43. The maximum absolute atomic E-state index is 12.3. The average molecular weight is 513 g/mol. The predicted molar refractivity (Wildman–Crippen MR) is 122 cm³/mol. The zero-order valence-electron chi connectivity index (χ0n) is 17.6. The zero-order valence-corrected chi connectivity index (χ0v) is 19.1. The SMILES string of the molecule is O=C(CCO[C@@H]1O[C@H](CO)[C@@H](O)[C@H](O)[C@H]1O)Nc1ccc2oc(-c3cccc(Cl)c3Cl)nc2c1. The summed E-state index contributed by atoms with van der Waals surface area (Å²) in [5.41, 5.74) is 2.01. The van der Waals surface area contributed by atoms with Crippen molar-refractivity contribution in [2.45, 2.75) is 37.1 Å². The van der Waals surface area contributed by atoms with Crippen molar-refractivity contribution in [2.75, 3.05) is 18.5 Å². The summed E-state index contributed by atoms with van der Waals surface area (Å²) < 4.78 is 16.3. The zero-order chi connectivity index (χ0) is 24.4. The monoisotopic (exact) mass is 512 g/mol. The molecule has 1 aliphatic heterocycles. The number of oxazole rings is 1. The molecule has 2 heterocycles. The lowest BCUT2D eigenvalue weighted by atomic mass is 9.99. The molecule has 0 bridgehead atoms. The van der Waals surface area contributed by atoms with Gasteiger partial charge in [0.2, 0.25) is 11.8 Å². The highest BCUT2D eigenvalue weighted by atomic mass is 35.5. The van der Waals surface area contributed by atoms with Crippen molar-refractivity contribution in [1.82, 2.24) is 4.98 Å². The summed E-state index contributed by atoms with van der Waals surface area (Å²) in [4.78, 5) is 16.7. The number of benzene rings is 2. The van der Waals surface area contributed by atoms with Gasteiger partial charge < -0.3 is 39.6 Å². The third-order valence-electron chi connectivity index (χ3n) is 5.31. The number of aromatic nitrogens is 1. The first-order valence-corrected chi connectivity index (χ1v) is 11.1. The first-order chi connectivity index (χ1) is 16.3. The topological polar surface area (TPSA) is 155 Å². The van der Waals surface area contributed by atoms with E-state index in [-0.39, 0.29) is 18.9 Å². The summed E-state index contributed by atoms with van der Waals surface area (Å²) >= 11 is 12.3. The van der Waals surface area contributed by atoms with E-state index in [1.807, 2.05) is 0 Å². The molecule has 34 heavy (non-hydrogen) atoms. The number of hydrogen-bond acceptors (Lipinski definition) is 9. The van der Waals surface area contributed by atoms with Gasteiger partial charge in [-0.25, -0.2) is 4.98 Å². The van der Waals surface area contributed by atoms with Gasteiger partial charge in [-0.1, -0.05) is 29.3 Å². The second-order valence-electron chi connectivity index (χ2n) is 7.67. The molecule has 1 saturated heterocycles. The van der Waals surface area contributed by atoms with Crippen molar-refractivity contribution in [3.8, 4) is 11.5 Å². The third kappa shape index (κ3) is 5.19. The van der Waals surface area contributed by atoms with Gasteiger partial charge in [-0.05, 0) is 30.3 Å². The number of carbonyl (C=O) groups excluding carboxylic acids is 1. The minimum absolute atomic E-state index is 0.0881. The van der Waals surface area contributed by atoms with Gasteiger partial charge in [0, 0.05) is 5.69 Å². The number of fused-ring (bicyclic) bond motifs is 1. The molecule has 0 radical (unpaired) electrons. The lowest BCUT2D eigenvalue weighted by Crippen LogP contribution is -2.59. The molecule has 182 valence electrons. The number of halogens is 2. The van der Waals surface area contributed by atoms with Crippen LogP contribution in [0.3, 0.4) is 0 Å². The maximum Gasteiger partial charge on any atom is 0.228 e. The van der Waals surface area contributed by atoms with E-state index in [0.717, 1.165) is 0 Å². The number of carbonyl (C=O) groups is 1. The molecule has 1 amide bonds. The van der Waals surface area contributed by atoms with Gasteiger partial charge in [-0.2, -0.15) is 0 Å². The molecule has 5 N–H and O–H groups in total. The van der Waals surface area contributed by atoms with Gasteiger partial charge in [0.1, 0.15) is 29.9 Å². The molecule has 3 aromatic rings. The van der Waals surface area contributed by atoms with Crippen LogP contribution in [0.4, 0.5) is 5.69 Å². The van der Waals surface area contributed by atoms with Gasteiger partial charge in [-0.3, -0.25) is 4.79 Å². The molecule has 5 atom stereocenters. The average Bonchev–Trinajstić information content (AvgIpc) is 3.24. The molecule has 0 spiro atoms. The Morgan fingerprint density at radius 2 is 1.91 bits per heavy atom. The van der Waals surface area contributed by atoms with Crippen LogP contribution in [-0.4, -0.2) is 75.2 Å². The highest BCUT2D eigenvalue weighted by molar-refractivity contribution is 6.43. The summed E-state index contributed by atoms with van der Waals surface area (Å²) in [6.45, 7) is -0.709. The summed E-state index contributed by atoms with van der Waals surface area (Å²) in [7, 11) is 0. The first-order valence-electron chi connectivity index (χ1n) is 10.4. The summed E-state index contributed by atoms with van der Waals surface area (Å²) in [5.74, 6) is -0.0931. The van der Waals surface area contributed by atoms with E-state index in [1.54, 1.807) is 36.4 Å². The number of anilines is 1. The van der Waals surface area contributed by atoms with E-state index in [2.05, 4.69) is 10.3 Å². The van der Waals surface area contributed by atoms with Crippen LogP contribution >= 0.6 is 23.2 Å². The van der Waals surface area contributed by atoms with Crippen molar-refractivity contribution in [1.29, 1.82) is 0 Å². The van der Waals surface area contributed by atoms with Crippen molar-refractivity contribution in [3.63, 3.8) is 0 Å². The highest BCUT2D eigenvalue weighted by Crippen LogP contribution is 2.35. The minimum Gasteiger partial charge on any atom is -0.436 e. The molecule has 10 nitrogen and oxygen atoms in total. The third-order valence-corrected chi connectivity index (χ3v) is 6.13. The van der Waals surface area contributed by atoms with Crippen LogP contribution in [0.15, 0.2) is 40.8 Å². The summed E-state index contributed by atoms with van der Waals surface area (Å²) in [6, 6.07) is 10.1. The van der Waals surface area contributed by atoms with E-state index < -0.39 is 37.3 Å². The Labute approximate surface area is 203 Å². The van der Waals surface area contributed by atoms with Crippen LogP contribution in [0.2, 0.25) is 10.0 Å². The van der Waals surface area contributed by atoms with Crippen LogP contribution in [0.1, 0.15) is 6.42 Å². The maximum atomic E-state index is 12.3. The fourth-order valence-corrected chi connectivity index (χ4v) is 3.87. The van der Waals surface area contributed by atoms with Crippen LogP contribution in [0.25, 0.3) is 22.6 Å². The lowest BCUT2D eigenvalue weighted by Gasteiger charge is -2.39. The van der Waals surface area contributed by atoms with E-state index in [9.17, 15) is 25.2 Å². The van der Waals surface area contributed by atoms with Crippen LogP contribution in [-0.2, 0) is 14.3 Å². The Morgan fingerprint density at radius 1 is 1.12 bits per heavy atom. The van der Waals surface area contributed by atoms with Gasteiger partial charge in [0.15, 0.2) is 11.9 Å². The van der Waals surface area contributed by atoms with Gasteiger partial charge in [0.05, 0.1) is 35.2 Å². The molecule has 4 rings (SSSR count). The molecule has 1 fully saturated rings. The molecule has 0 aliphatic carbocycles. The summed E-state index contributed by atoms with van der Waals surface area (Å²) in [5, 5.41) is 42.1. The molecule has 1 aromatic heterocycles. The Morgan fingerprint density at radius 3 is 2.68 bits per heavy atom. The van der Waals surface area contributed by atoms with Gasteiger partial charge in [0.25, 0.3) is 0 Å². The fraction of sp³-hybridized carbons (Fsp3) is 0.364. The van der Waals surface area contributed by atoms with Crippen molar-refractivity contribution in [2.24, 2.45) is 0 Å². The molecule has 0 saturated carbocycles. The lowest BCUT2D eigenvalue weighted by molar-refractivity contribution is -0.300. The second-order valence-corrected chi connectivity index (χ2v) is 8.45. The quantitative estimate of drug-likeness (QED) is 0.319. The molecule has 0 unspecified atom stereocenters. The molecular formula is C22H22Cl2N2O8. The number of nitrogens with zero attached hydrogens (tertiary/aromatic N) is 1. The first kappa shape index (κ1) is 24.8.